The highest BCUT2D eigenvalue weighted by Crippen LogP contribution is 2.28. The summed E-state index contributed by atoms with van der Waals surface area (Å²) in [5, 5.41) is 3.31. The molecule has 1 aliphatic rings. The monoisotopic (exact) mass is 245 g/mol. The highest BCUT2D eigenvalue weighted by atomic mass is 16.3. The molecule has 18 heavy (non-hydrogen) atoms. The normalized spacial score (nSPS) is 16.2. The molecule has 1 aromatic heterocycles. The maximum absolute atomic E-state index is 11.6. The number of hydrogen-bond acceptors (Lipinski definition) is 5. The Morgan fingerprint density at radius 1 is 1.39 bits per heavy atom. The Bertz CT molecular complexity index is 585. The summed E-state index contributed by atoms with van der Waals surface area (Å²) in [6.45, 7) is 5.29. The first-order chi connectivity index (χ1) is 8.75. The molecule has 3 rings (SSSR count). The van der Waals surface area contributed by atoms with Crippen molar-refractivity contribution in [3.05, 3.63) is 24.1 Å². The van der Waals surface area contributed by atoms with Crippen molar-refractivity contribution in [3.63, 3.8) is 0 Å². The van der Waals surface area contributed by atoms with Gasteiger partial charge in [0.25, 0.3) is 0 Å². The molecule has 5 nitrogen and oxygen atoms in total. The molecule has 1 aromatic carbocycles. The van der Waals surface area contributed by atoms with Crippen molar-refractivity contribution in [2.24, 2.45) is 0 Å². The number of nitrogens with one attached hydrogen (secondary N) is 1. The quantitative estimate of drug-likeness (QED) is 0.811. The zero-order chi connectivity index (χ0) is 12.5. The van der Waals surface area contributed by atoms with E-state index in [0.717, 1.165) is 43.0 Å². The lowest BCUT2D eigenvalue weighted by Crippen LogP contribution is -2.43. The lowest BCUT2D eigenvalue weighted by molar-refractivity contribution is 0.101. The van der Waals surface area contributed by atoms with Crippen molar-refractivity contribution in [1.82, 2.24) is 10.3 Å². The van der Waals surface area contributed by atoms with Crippen molar-refractivity contribution in [2.75, 3.05) is 31.1 Å². The zero-order valence-corrected chi connectivity index (χ0v) is 10.3. The Morgan fingerprint density at radius 3 is 2.89 bits per heavy atom. The Balaban J connectivity index is 2.12. The number of benzene rings is 1. The number of aromatic nitrogens is 1. The minimum atomic E-state index is 0.0521. The topological polar surface area (TPSA) is 58.4 Å². The van der Waals surface area contributed by atoms with Crippen LogP contribution in [0.3, 0.4) is 0 Å². The smallest absolute Gasteiger partial charge is 0.182 e. The van der Waals surface area contributed by atoms with Crippen LogP contribution in [-0.4, -0.2) is 36.9 Å². The van der Waals surface area contributed by atoms with Gasteiger partial charge in [-0.15, -0.1) is 0 Å². The molecule has 0 saturated carbocycles. The van der Waals surface area contributed by atoms with Gasteiger partial charge in [0.2, 0.25) is 0 Å². The number of fused-ring (bicyclic) bond motifs is 1. The molecule has 2 aromatic rings. The number of piperazine rings is 1. The standard InChI is InChI=1S/C13H15N3O2/c1-9(17)10-6-11-13(18-8-15-11)12(7-10)16-4-2-14-3-5-16/h6-8,14H,2-5H2,1H3. The third-order valence-corrected chi connectivity index (χ3v) is 3.28. The van der Waals surface area contributed by atoms with Crippen molar-refractivity contribution < 1.29 is 9.21 Å². The van der Waals surface area contributed by atoms with Crippen LogP contribution < -0.4 is 10.2 Å². The Kier molecular flexibility index (Phi) is 2.76. The summed E-state index contributed by atoms with van der Waals surface area (Å²) < 4.78 is 5.45. The SMILES string of the molecule is CC(=O)c1cc(N2CCNCC2)c2ocnc2c1. The van der Waals surface area contributed by atoms with E-state index in [0.29, 0.717) is 5.56 Å². The van der Waals surface area contributed by atoms with Gasteiger partial charge in [0.05, 0.1) is 5.69 Å². The first kappa shape index (κ1) is 11.2. The average molecular weight is 245 g/mol. The lowest BCUT2D eigenvalue weighted by Gasteiger charge is -2.29. The van der Waals surface area contributed by atoms with E-state index >= 15 is 0 Å². The van der Waals surface area contributed by atoms with E-state index in [1.165, 1.54) is 6.39 Å². The number of ketones is 1. The van der Waals surface area contributed by atoms with Crippen LogP contribution in [-0.2, 0) is 0 Å². The summed E-state index contributed by atoms with van der Waals surface area (Å²) in [6, 6.07) is 3.69. The summed E-state index contributed by atoms with van der Waals surface area (Å²) in [4.78, 5) is 17.9. The van der Waals surface area contributed by atoms with Crippen LogP contribution in [0.2, 0.25) is 0 Å². The molecule has 1 fully saturated rings. The molecule has 0 spiro atoms. The van der Waals surface area contributed by atoms with Gasteiger partial charge in [-0.1, -0.05) is 0 Å². The van der Waals surface area contributed by atoms with E-state index in [2.05, 4.69) is 15.2 Å². The van der Waals surface area contributed by atoms with Gasteiger partial charge in [-0.2, -0.15) is 0 Å². The minimum Gasteiger partial charge on any atom is -0.441 e. The number of carbonyl (C=O) groups is 1. The summed E-state index contributed by atoms with van der Waals surface area (Å²) in [6.07, 6.45) is 1.43. The van der Waals surface area contributed by atoms with Crippen molar-refractivity contribution in [1.29, 1.82) is 0 Å². The molecule has 0 bridgehead atoms. The molecule has 0 aliphatic carbocycles. The molecule has 0 radical (unpaired) electrons. The van der Waals surface area contributed by atoms with Gasteiger partial charge >= 0.3 is 0 Å². The maximum atomic E-state index is 11.6. The predicted molar refractivity (Wildman–Crippen MR) is 69.1 cm³/mol. The van der Waals surface area contributed by atoms with Gasteiger partial charge in [-0.3, -0.25) is 4.79 Å². The number of rotatable bonds is 2. The Labute approximate surface area is 105 Å². The molecule has 1 aliphatic heterocycles. The van der Waals surface area contributed by atoms with Gasteiger partial charge in [-0.05, 0) is 19.1 Å². The van der Waals surface area contributed by atoms with Crippen LogP contribution in [0.15, 0.2) is 22.9 Å². The summed E-state index contributed by atoms with van der Waals surface area (Å²) >= 11 is 0. The van der Waals surface area contributed by atoms with Gasteiger partial charge < -0.3 is 14.6 Å². The van der Waals surface area contributed by atoms with Gasteiger partial charge in [0, 0.05) is 31.7 Å². The fourth-order valence-corrected chi connectivity index (χ4v) is 2.29. The number of nitrogens with zero attached hydrogens (tertiary/aromatic N) is 2. The van der Waals surface area contributed by atoms with E-state index < -0.39 is 0 Å². The lowest BCUT2D eigenvalue weighted by atomic mass is 10.1. The third kappa shape index (κ3) is 1.86. The van der Waals surface area contributed by atoms with Crippen LogP contribution in [0.5, 0.6) is 0 Å². The van der Waals surface area contributed by atoms with E-state index in [1.807, 2.05) is 6.07 Å². The van der Waals surface area contributed by atoms with Crippen molar-refractivity contribution >= 4 is 22.6 Å². The average Bonchev–Trinajstić information content (AvgIpc) is 2.86. The zero-order valence-electron chi connectivity index (χ0n) is 10.3. The molecule has 94 valence electrons. The second-order valence-electron chi connectivity index (χ2n) is 4.49. The molecule has 1 N–H and O–H groups in total. The predicted octanol–water partition coefficient (Wildman–Crippen LogP) is 1.44. The number of Topliss-reactive ketones (excluding diaryl/α,β-unsaturated/α-hetero) is 1. The molecule has 5 heteroatoms. The fraction of sp³-hybridized carbons (Fsp3) is 0.385. The Hall–Kier alpha value is -1.88. The molecule has 0 unspecified atom stereocenters. The molecule has 1 saturated heterocycles. The van der Waals surface area contributed by atoms with Crippen LogP contribution in [0.25, 0.3) is 11.1 Å². The second-order valence-corrected chi connectivity index (χ2v) is 4.49. The van der Waals surface area contributed by atoms with Gasteiger partial charge in [-0.25, -0.2) is 4.98 Å². The van der Waals surface area contributed by atoms with Crippen molar-refractivity contribution in [2.45, 2.75) is 6.92 Å². The minimum absolute atomic E-state index is 0.0521. The second kappa shape index (κ2) is 4.42. The van der Waals surface area contributed by atoms with E-state index in [9.17, 15) is 4.79 Å². The highest BCUT2D eigenvalue weighted by molar-refractivity contribution is 6.00. The fourth-order valence-electron chi connectivity index (χ4n) is 2.29. The first-order valence-corrected chi connectivity index (χ1v) is 6.09. The van der Waals surface area contributed by atoms with E-state index in [4.69, 9.17) is 4.42 Å². The number of oxazole rings is 1. The van der Waals surface area contributed by atoms with Gasteiger partial charge in [0.15, 0.2) is 17.8 Å². The number of hydrogen-bond donors (Lipinski definition) is 1. The third-order valence-electron chi connectivity index (χ3n) is 3.28. The van der Waals surface area contributed by atoms with Gasteiger partial charge in [0.1, 0.15) is 5.52 Å². The number of anilines is 1. The van der Waals surface area contributed by atoms with E-state index in [-0.39, 0.29) is 5.78 Å². The number of carbonyl (C=O) groups excluding carboxylic acids is 1. The first-order valence-electron chi connectivity index (χ1n) is 6.09. The van der Waals surface area contributed by atoms with Crippen LogP contribution in [0, 0.1) is 0 Å². The summed E-state index contributed by atoms with van der Waals surface area (Å²) in [7, 11) is 0. The van der Waals surface area contributed by atoms with Crippen LogP contribution in [0.4, 0.5) is 5.69 Å². The van der Waals surface area contributed by atoms with Crippen molar-refractivity contribution in [3.8, 4) is 0 Å². The molecule has 0 amide bonds. The maximum Gasteiger partial charge on any atom is 0.182 e. The molecular formula is C13H15N3O2. The highest BCUT2D eigenvalue weighted by Gasteiger charge is 2.17. The Morgan fingerprint density at radius 2 is 2.17 bits per heavy atom. The van der Waals surface area contributed by atoms with Crippen LogP contribution in [0.1, 0.15) is 17.3 Å². The summed E-state index contributed by atoms with van der Waals surface area (Å²) in [5.74, 6) is 0.0521. The molecular weight excluding hydrogens is 230 g/mol. The molecule has 2 heterocycles. The largest absolute Gasteiger partial charge is 0.441 e. The van der Waals surface area contributed by atoms with Crippen LogP contribution >= 0.6 is 0 Å². The molecule has 0 atom stereocenters. The van der Waals surface area contributed by atoms with E-state index in [1.54, 1.807) is 13.0 Å². The summed E-state index contributed by atoms with van der Waals surface area (Å²) in [5.41, 5.74) is 3.17.